The zero-order chi connectivity index (χ0) is 21.5. The summed E-state index contributed by atoms with van der Waals surface area (Å²) >= 11 is 0. The van der Waals surface area contributed by atoms with Gasteiger partial charge in [-0.1, -0.05) is 80.6 Å². The Morgan fingerprint density at radius 3 is 2.61 bits per heavy atom. The van der Waals surface area contributed by atoms with Crippen molar-refractivity contribution in [2.24, 2.45) is 0 Å². The number of para-hydroxylation sites is 1. The number of nitrogens with one attached hydrogen (secondary N) is 1. The summed E-state index contributed by atoms with van der Waals surface area (Å²) < 4.78 is 5.98. The summed E-state index contributed by atoms with van der Waals surface area (Å²) in [5.74, 6) is 0.872. The summed E-state index contributed by atoms with van der Waals surface area (Å²) in [7, 11) is 0. The predicted molar refractivity (Wildman–Crippen MR) is 124 cm³/mol. The van der Waals surface area contributed by atoms with Crippen molar-refractivity contribution in [2.75, 3.05) is 11.4 Å². The molecule has 1 fully saturated rings. The van der Waals surface area contributed by atoms with Crippen molar-refractivity contribution in [3.8, 4) is 5.75 Å². The Morgan fingerprint density at radius 2 is 1.77 bits per heavy atom. The minimum Gasteiger partial charge on any atom is -0.489 e. The summed E-state index contributed by atoms with van der Waals surface area (Å²) in [5.41, 5.74) is 3.68. The van der Waals surface area contributed by atoms with E-state index in [0.29, 0.717) is 13.2 Å². The van der Waals surface area contributed by atoms with Crippen molar-refractivity contribution >= 4 is 17.7 Å². The number of benzene rings is 3. The van der Waals surface area contributed by atoms with Gasteiger partial charge in [0, 0.05) is 11.1 Å². The van der Waals surface area contributed by atoms with Crippen LogP contribution in [0, 0.1) is 0 Å². The van der Waals surface area contributed by atoms with Gasteiger partial charge in [-0.15, -0.1) is 0 Å². The van der Waals surface area contributed by atoms with Gasteiger partial charge in [-0.25, -0.2) is 0 Å². The van der Waals surface area contributed by atoms with E-state index in [4.69, 9.17) is 4.74 Å². The summed E-state index contributed by atoms with van der Waals surface area (Å²) in [6.45, 7) is 5.29. The van der Waals surface area contributed by atoms with Crippen molar-refractivity contribution in [1.82, 2.24) is 5.32 Å². The Kier molecular flexibility index (Phi) is 4.58. The molecule has 1 saturated heterocycles. The lowest BCUT2D eigenvalue weighted by molar-refractivity contribution is -0.118. The van der Waals surface area contributed by atoms with Gasteiger partial charge in [0.25, 0.3) is 0 Å². The lowest BCUT2D eigenvalue weighted by atomic mass is 9.75. The Labute approximate surface area is 183 Å². The van der Waals surface area contributed by atoms with Crippen LogP contribution in [0.4, 0.5) is 5.69 Å². The fourth-order valence-electron chi connectivity index (χ4n) is 4.81. The maximum Gasteiger partial charge on any atom is 0.241 e. The number of amides is 1. The van der Waals surface area contributed by atoms with E-state index in [-0.39, 0.29) is 11.3 Å². The molecule has 1 N–H and O–H groups in total. The molecular formula is C27H26N2O2. The third kappa shape index (κ3) is 3.19. The van der Waals surface area contributed by atoms with Crippen molar-refractivity contribution < 1.29 is 9.53 Å². The number of hydrogen-bond donors (Lipinski definition) is 1. The first-order chi connectivity index (χ1) is 15.0. The highest BCUT2D eigenvalue weighted by molar-refractivity contribution is 5.91. The summed E-state index contributed by atoms with van der Waals surface area (Å²) in [5, 5.41) is 3.27. The maximum absolute atomic E-state index is 12.4. The number of nitrogens with zero attached hydrogens (tertiary/aromatic N) is 1. The van der Waals surface area contributed by atoms with Crippen LogP contribution in [0.25, 0.3) is 6.08 Å². The minimum atomic E-state index is -0.589. The third-order valence-corrected chi connectivity index (χ3v) is 6.50. The molecule has 5 rings (SSSR count). The molecular weight excluding hydrogens is 384 g/mol. The largest absolute Gasteiger partial charge is 0.489 e. The zero-order valence-electron chi connectivity index (χ0n) is 17.8. The van der Waals surface area contributed by atoms with Crippen molar-refractivity contribution in [2.45, 2.75) is 31.5 Å². The Hall–Kier alpha value is -3.53. The van der Waals surface area contributed by atoms with E-state index in [9.17, 15) is 4.79 Å². The van der Waals surface area contributed by atoms with Gasteiger partial charge in [0.15, 0.2) is 0 Å². The van der Waals surface area contributed by atoms with Gasteiger partial charge in [0.2, 0.25) is 5.91 Å². The number of ether oxygens (including phenoxy) is 1. The standard InChI is InChI=1S/C27H26N2O2/c1-26(2)23-13-6-7-14-24(23)29-18-25(30)28-27(26,29)16-15-20-11-8-12-22(17-20)31-19-21-9-4-3-5-10-21/h3-17H,18-19H2,1-2H3,(H,28,30)/t27-/m0/s1. The fraction of sp³-hybridized carbons (Fsp3) is 0.222. The second kappa shape index (κ2) is 7.31. The quantitative estimate of drug-likeness (QED) is 0.650. The molecule has 0 saturated carbocycles. The number of rotatable bonds is 5. The molecule has 2 heterocycles. The summed E-state index contributed by atoms with van der Waals surface area (Å²) in [6.07, 6.45) is 4.22. The third-order valence-electron chi connectivity index (χ3n) is 6.50. The Balaban J connectivity index is 1.43. The normalized spacial score (nSPS) is 21.1. The summed E-state index contributed by atoms with van der Waals surface area (Å²) in [4.78, 5) is 14.6. The number of fused-ring (bicyclic) bond motifs is 3. The molecule has 156 valence electrons. The number of anilines is 1. The van der Waals surface area contributed by atoms with Gasteiger partial charge in [-0.3, -0.25) is 4.79 Å². The highest BCUT2D eigenvalue weighted by atomic mass is 16.5. The molecule has 31 heavy (non-hydrogen) atoms. The molecule has 2 aliphatic heterocycles. The minimum absolute atomic E-state index is 0.0483. The molecule has 0 bridgehead atoms. The van der Waals surface area contributed by atoms with Gasteiger partial charge in [-0.05, 0) is 41.0 Å². The molecule has 0 radical (unpaired) electrons. The van der Waals surface area contributed by atoms with E-state index in [1.165, 1.54) is 5.56 Å². The maximum atomic E-state index is 12.4. The number of carbonyl (C=O) groups excluding carboxylic acids is 1. The van der Waals surface area contributed by atoms with E-state index in [2.05, 4.69) is 72.6 Å². The fourth-order valence-corrected chi connectivity index (χ4v) is 4.81. The van der Waals surface area contributed by atoms with Gasteiger partial charge in [0.1, 0.15) is 18.0 Å². The van der Waals surface area contributed by atoms with Crippen LogP contribution in [-0.4, -0.2) is 18.1 Å². The van der Waals surface area contributed by atoms with Gasteiger partial charge in [-0.2, -0.15) is 0 Å². The molecule has 1 atom stereocenters. The van der Waals surface area contributed by atoms with Gasteiger partial charge < -0.3 is 15.0 Å². The first-order valence-electron chi connectivity index (χ1n) is 10.6. The van der Waals surface area contributed by atoms with Crippen LogP contribution in [-0.2, 0) is 16.8 Å². The first kappa shape index (κ1) is 19.4. The summed E-state index contributed by atoms with van der Waals surface area (Å²) in [6, 6.07) is 26.6. The van der Waals surface area contributed by atoms with Crippen molar-refractivity contribution in [1.29, 1.82) is 0 Å². The van der Waals surface area contributed by atoms with Crippen LogP contribution < -0.4 is 15.0 Å². The smallest absolute Gasteiger partial charge is 0.241 e. The highest BCUT2D eigenvalue weighted by Crippen LogP contribution is 2.52. The number of hydrogen-bond acceptors (Lipinski definition) is 3. The van der Waals surface area contributed by atoms with Crippen LogP contribution in [0.1, 0.15) is 30.5 Å². The first-order valence-corrected chi connectivity index (χ1v) is 10.6. The molecule has 0 spiro atoms. The lowest BCUT2D eigenvalue weighted by Gasteiger charge is -2.40. The van der Waals surface area contributed by atoms with Crippen molar-refractivity contribution in [3.63, 3.8) is 0 Å². The molecule has 3 aromatic carbocycles. The van der Waals surface area contributed by atoms with Crippen LogP contribution in [0.5, 0.6) is 5.75 Å². The topological polar surface area (TPSA) is 41.6 Å². The monoisotopic (exact) mass is 410 g/mol. The molecule has 0 aromatic heterocycles. The predicted octanol–water partition coefficient (Wildman–Crippen LogP) is 4.90. The molecule has 2 aliphatic rings. The van der Waals surface area contributed by atoms with Crippen LogP contribution in [0.2, 0.25) is 0 Å². The van der Waals surface area contributed by atoms with Crippen LogP contribution in [0.3, 0.4) is 0 Å². The number of carbonyl (C=O) groups is 1. The van der Waals surface area contributed by atoms with E-state index in [1.807, 2.05) is 42.5 Å². The average Bonchev–Trinajstić information content (AvgIpc) is 3.22. The van der Waals surface area contributed by atoms with Crippen molar-refractivity contribution in [3.05, 3.63) is 102 Å². The Bertz CT molecular complexity index is 1150. The van der Waals surface area contributed by atoms with E-state index >= 15 is 0 Å². The lowest BCUT2D eigenvalue weighted by Crippen LogP contribution is -2.58. The van der Waals surface area contributed by atoms with E-state index in [0.717, 1.165) is 22.6 Å². The average molecular weight is 411 g/mol. The van der Waals surface area contributed by atoms with E-state index < -0.39 is 5.66 Å². The highest BCUT2D eigenvalue weighted by Gasteiger charge is 2.59. The van der Waals surface area contributed by atoms with Gasteiger partial charge >= 0.3 is 0 Å². The molecule has 0 aliphatic carbocycles. The molecule has 0 unspecified atom stereocenters. The van der Waals surface area contributed by atoms with Crippen LogP contribution >= 0.6 is 0 Å². The van der Waals surface area contributed by atoms with E-state index in [1.54, 1.807) is 0 Å². The molecule has 3 aromatic rings. The van der Waals surface area contributed by atoms with Gasteiger partial charge in [0.05, 0.1) is 6.54 Å². The molecule has 4 heteroatoms. The second-order valence-electron chi connectivity index (χ2n) is 8.72. The zero-order valence-corrected chi connectivity index (χ0v) is 17.8. The molecule has 1 amide bonds. The SMILES string of the molecule is CC1(C)c2ccccc2N2CC(=O)N[C@@]21C=Cc1cccc(OCc2ccccc2)c1. The van der Waals surface area contributed by atoms with Crippen LogP contribution in [0.15, 0.2) is 84.9 Å². The Morgan fingerprint density at radius 1 is 1.00 bits per heavy atom. The molecule has 4 nitrogen and oxygen atoms in total. The second-order valence-corrected chi connectivity index (χ2v) is 8.72.